The molecule has 0 aromatic heterocycles. The van der Waals surface area contributed by atoms with Gasteiger partial charge in [0.2, 0.25) is 16.4 Å². The van der Waals surface area contributed by atoms with Crippen LogP contribution in [0.3, 0.4) is 0 Å². The predicted molar refractivity (Wildman–Crippen MR) is 64.0 cm³/mol. The fraction of sp³-hybridized carbons (Fsp3) is 0.900. The van der Waals surface area contributed by atoms with Crippen LogP contribution in [-0.4, -0.2) is 43.6 Å². The molecule has 0 unspecified atom stereocenters. The van der Waals surface area contributed by atoms with Crippen LogP contribution in [0.2, 0.25) is 0 Å². The van der Waals surface area contributed by atoms with Crippen molar-refractivity contribution in [3.63, 3.8) is 0 Å². The molecule has 0 fully saturated rings. The van der Waals surface area contributed by atoms with Gasteiger partial charge in [-0.25, -0.2) is 13.4 Å². The first-order chi connectivity index (χ1) is 7.18. The average Bonchev–Trinajstić information content (AvgIpc) is 1.99. The first-order valence-corrected chi connectivity index (χ1v) is 7.22. The fourth-order valence-corrected chi connectivity index (χ4v) is 2.14. The first kappa shape index (κ1) is 15.4. The summed E-state index contributed by atoms with van der Waals surface area (Å²) in [5.74, 6) is 0.589. The van der Waals surface area contributed by atoms with E-state index in [0.717, 1.165) is 10.7 Å². The van der Waals surface area contributed by atoms with Crippen LogP contribution in [0, 0.1) is 11.8 Å². The van der Waals surface area contributed by atoms with Crippen molar-refractivity contribution in [2.45, 2.75) is 27.7 Å². The van der Waals surface area contributed by atoms with Crippen molar-refractivity contribution in [1.82, 2.24) is 9.42 Å². The zero-order valence-electron chi connectivity index (χ0n) is 10.7. The molecule has 0 N–H and O–H groups in total. The lowest BCUT2D eigenvalue weighted by molar-refractivity contribution is -0.124. The normalized spacial score (nSPS) is 12.5. The van der Waals surface area contributed by atoms with Crippen molar-refractivity contribution in [3.8, 4) is 0 Å². The SMILES string of the molecule is CC(C)CN(CC(C)C)N(C=O)S(C)(=O)=O. The highest BCUT2D eigenvalue weighted by Gasteiger charge is 2.23. The molecule has 5 nitrogen and oxygen atoms in total. The van der Waals surface area contributed by atoms with Gasteiger partial charge in [-0.05, 0) is 11.8 Å². The van der Waals surface area contributed by atoms with Crippen LogP contribution in [0.15, 0.2) is 0 Å². The maximum absolute atomic E-state index is 11.4. The largest absolute Gasteiger partial charge is 0.276 e. The quantitative estimate of drug-likeness (QED) is 0.498. The molecule has 0 heterocycles. The number of sulfonamides is 1. The lowest BCUT2D eigenvalue weighted by atomic mass is 10.2. The van der Waals surface area contributed by atoms with Gasteiger partial charge in [-0.2, -0.15) is 4.41 Å². The smallest absolute Gasteiger partial charge is 0.248 e. The van der Waals surface area contributed by atoms with Crippen LogP contribution in [0.4, 0.5) is 0 Å². The van der Waals surface area contributed by atoms with Crippen molar-refractivity contribution in [2.24, 2.45) is 11.8 Å². The zero-order chi connectivity index (χ0) is 12.9. The Kier molecular flexibility index (Phi) is 5.96. The second-order valence-electron chi connectivity index (χ2n) is 4.80. The highest BCUT2D eigenvalue weighted by molar-refractivity contribution is 7.88. The lowest BCUT2D eigenvalue weighted by Gasteiger charge is -2.32. The Labute approximate surface area is 98.4 Å². The highest BCUT2D eigenvalue weighted by atomic mass is 32.2. The highest BCUT2D eigenvalue weighted by Crippen LogP contribution is 2.09. The van der Waals surface area contributed by atoms with Gasteiger partial charge in [-0.3, -0.25) is 4.79 Å². The van der Waals surface area contributed by atoms with Crippen molar-refractivity contribution < 1.29 is 13.2 Å². The molecule has 0 rings (SSSR count). The molecule has 0 aromatic carbocycles. The summed E-state index contributed by atoms with van der Waals surface area (Å²) in [7, 11) is -3.51. The van der Waals surface area contributed by atoms with E-state index < -0.39 is 10.0 Å². The van der Waals surface area contributed by atoms with Crippen LogP contribution < -0.4 is 0 Å². The fourth-order valence-electron chi connectivity index (χ4n) is 1.43. The van der Waals surface area contributed by atoms with Gasteiger partial charge < -0.3 is 0 Å². The summed E-state index contributed by atoms with van der Waals surface area (Å²) >= 11 is 0. The van der Waals surface area contributed by atoms with Gasteiger partial charge in [-0.1, -0.05) is 27.7 Å². The minimum Gasteiger partial charge on any atom is -0.276 e. The Hall–Kier alpha value is -0.620. The Bertz CT molecular complexity index is 302. The molecule has 6 heteroatoms. The molecule has 1 amide bonds. The molecular weight excluding hydrogens is 228 g/mol. The van der Waals surface area contributed by atoms with Gasteiger partial charge in [-0.15, -0.1) is 0 Å². The van der Waals surface area contributed by atoms with Gasteiger partial charge in [0.1, 0.15) is 0 Å². The monoisotopic (exact) mass is 250 g/mol. The minimum atomic E-state index is -3.51. The van der Waals surface area contributed by atoms with Crippen molar-refractivity contribution >= 4 is 16.4 Å². The van der Waals surface area contributed by atoms with E-state index in [9.17, 15) is 13.2 Å². The standard InChI is InChI=1S/C10H22N2O3S/c1-9(2)6-11(7-10(3)4)12(8-13)16(5,14)15/h8-10H,6-7H2,1-5H3. The van der Waals surface area contributed by atoms with E-state index in [4.69, 9.17) is 0 Å². The van der Waals surface area contributed by atoms with Crippen molar-refractivity contribution in [3.05, 3.63) is 0 Å². The maximum atomic E-state index is 11.4. The van der Waals surface area contributed by atoms with E-state index in [1.165, 1.54) is 0 Å². The summed E-state index contributed by atoms with van der Waals surface area (Å²) in [6.07, 6.45) is 1.40. The molecule has 0 aliphatic heterocycles. The molecule has 0 saturated carbocycles. The topological polar surface area (TPSA) is 57.7 Å². The van der Waals surface area contributed by atoms with Gasteiger partial charge in [0.05, 0.1) is 6.26 Å². The first-order valence-electron chi connectivity index (χ1n) is 5.38. The summed E-state index contributed by atoms with van der Waals surface area (Å²) in [6, 6.07) is 0. The lowest BCUT2D eigenvalue weighted by Crippen LogP contribution is -2.48. The molecule has 0 radical (unpaired) electrons. The van der Waals surface area contributed by atoms with E-state index in [-0.39, 0.29) is 0 Å². The molecule has 96 valence electrons. The summed E-state index contributed by atoms with van der Waals surface area (Å²) in [6.45, 7) is 9.03. The molecule has 0 aromatic rings. The Morgan fingerprint density at radius 2 is 1.44 bits per heavy atom. The Morgan fingerprint density at radius 1 is 1.06 bits per heavy atom. The van der Waals surface area contributed by atoms with Crippen LogP contribution in [-0.2, 0) is 14.8 Å². The third kappa shape index (κ3) is 5.46. The number of rotatable bonds is 7. The molecular formula is C10H22N2O3S. The number of amides is 1. The summed E-state index contributed by atoms with van der Waals surface area (Å²) < 4.78 is 23.6. The van der Waals surface area contributed by atoms with Gasteiger partial charge in [0, 0.05) is 13.1 Å². The number of carbonyl (C=O) groups excluding carboxylic acids is 1. The number of hydrazine groups is 1. The van der Waals surface area contributed by atoms with Crippen molar-refractivity contribution in [2.75, 3.05) is 19.3 Å². The van der Waals surface area contributed by atoms with E-state index in [0.29, 0.717) is 31.3 Å². The van der Waals surface area contributed by atoms with Crippen LogP contribution in [0.5, 0.6) is 0 Å². The Balaban J connectivity index is 4.90. The van der Waals surface area contributed by atoms with Crippen LogP contribution in [0.1, 0.15) is 27.7 Å². The molecule has 0 aliphatic carbocycles. The van der Waals surface area contributed by atoms with Gasteiger partial charge in [0.15, 0.2) is 0 Å². The van der Waals surface area contributed by atoms with E-state index in [1.807, 2.05) is 27.7 Å². The summed E-state index contributed by atoms with van der Waals surface area (Å²) in [5, 5.41) is 1.58. The third-order valence-electron chi connectivity index (χ3n) is 1.86. The van der Waals surface area contributed by atoms with Gasteiger partial charge in [0.25, 0.3) is 0 Å². The molecule has 0 atom stereocenters. The molecule has 0 bridgehead atoms. The number of nitrogens with zero attached hydrogens (tertiary/aromatic N) is 2. The third-order valence-corrected chi connectivity index (χ3v) is 2.86. The summed E-state index contributed by atoms with van der Waals surface area (Å²) in [4.78, 5) is 10.9. The second-order valence-corrected chi connectivity index (χ2v) is 6.64. The Morgan fingerprint density at radius 3 is 1.62 bits per heavy atom. The van der Waals surface area contributed by atoms with Crippen molar-refractivity contribution in [1.29, 1.82) is 0 Å². The average molecular weight is 250 g/mol. The zero-order valence-corrected chi connectivity index (χ0v) is 11.5. The second kappa shape index (κ2) is 6.20. The van der Waals surface area contributed by atoms with E-state index in [1.54, 1.807) is 5.01 Å². The van der Waals surface area contributed by atoms with Gasteiger partial charge >= 0.3 is 0 Å². The minimum absolute atomic E-state index is 0.294. The molecule has 0 saturated heterocycles. The maximum Gasteiger partial charge on any atom is 0.248 e. The van der Waals surface area contributed by atoms with E-state index in [2.05, 4.69) is 0 Å². The number of carbonyl (C=O) groups is 1. The number of hydrogen-bond acceptors (Lipinski definition) is 4. The molecule has 16 heavy (non-hydrogen) atoms. The number of hydrogen-bond donors (Lipinski definition) is 0. The van der Waals surface area contributed by atoms with Crippen LogP contribution in [0.25, 0.3) is 0 Å². The van der Waals surface area contributed by atoms with E-state index >= 15 is 0 Å². The predicted octanol–water partition coefficient (Wildman–Crippen LogP) is 0.933. The summed E-state index contributed by atoms with van der Waals surface area (Å²) in [5.41, 5.74) is 0. The molecule has 0 aliphatic rings. The van der Waals surface area contributed by atoms with Crippen LogP contribution >= 0.6 is 0 Å². The molecule has 0 spiro atoms.